The van der Waals surface area contributed by atoms with Crippen LogP contribution in [0.5, 0.6) is 0 Å². The summed E-state index contributed by atoms with van der Waals surface area (Å²) in [5.41, 5.74) is 1.58. The van der Waals surface area contributed by atoms with Gasteiger partial charge in [0.05, 0.1) is 6.61 Å². The van der Waals surface area contributed by atoms with Crippen LogP contribution in [0.25, 0.3) is 0 Å². The Balaban J connectivity index is 2.22. The van der Waals surface area contributed by atoms with E-state index in [1.54, 1.807) is 6.92 Å². The molecular formula is C10H14N2O2. The second kappa shape index (κ2) is 3.44. The Labute approximate surface area is 82.9 Å². The summed E-state index contributed by atoms with van der Waals surface area (Å²) in [4.78, 5) is 11.4. The van der Waals surface area contributed by atoms with Crippen LogP contribution in [-0.4, -0.2) is 22.4 Å². The van der Waals surface area contributed by atoms with E-state index in [1.807, 2.05) is 10.7 Å². The minimum Gasteiger partial charge on any atom is -0.461 e. The third kappa shape index (κ3) is 1.41. The molecule has 0 N–H and O–H groups in total. The molecule has 1 aromatic rings. The van der Waals surface area contributed by atoms with Crippen LogP contribution in [0.1, 0.15) is 42.5 Å². The van der Waals surface area contributed by atoms with Gasteiger partial charge in [-0.25, -0.2) is 4.79 Å². The molecule has 0 saturated heterocycles. The molecule has 4 nitrogen and oxygen atoms in total. The average molecular weight is 194 g/mol. The summed E-state index contributed by atoms with van der Waals surface area (Å²) < 4.78 is 6.81. The average Bonchev–Trinajstić information content (AvgIpc) is 2.69. The number of carbonyl (C=O) groups is 1. The maximum absolute atomic E-state index is 11.4. The second-order valence-corrected chi connectivity index (χ2v) is 3.57. The highest BCUT2D eigenvalue weighted by Gasteiger charge is 2.23. The first kappa shape index (κ1) is 9.24. The first-order valence-electron chi connectivity index (χ1n) is 4.98. The lowest BCUT2D eigenvalue weighted by Crippen LogP contribution is -2.08. The van der Waals surface area contributed by atoms with Gasteiger partial charge in [-0.1, -0.05) is 0 Å². The molecule has 1 atom stereocenters. The van der Waals surface area contributed by atoms with E-state index < -0.39 is 0 Å². The summed E-state index contributed by atoms with van der Waals surface area (Å²) >= 11 is 0. The number of esters is 1. The normalized spacial score (nSPS) is 19.4. The number of carbonyl (C=O) groups excluding carboxylic acids is 1. The Morgan fingerprint density at radius 3 is 3.21 bits per heavy atom. The Morgan fingerprint density at radius 1 is 1.79 bits per heavy atom. The van der Waals surface area contributed by atoms with Crippen LogP contribution in [0.2, 0.25) is 0 Å². The van der Waals surface area contributed by atoms with Gasteiger partial charge in [0.25, 0.3) is 0 Å². The molecule has 1 aromatic heterocycles. The SMILES string of the molecule is CCOC(=O)c1cc2n(n1)C(C)CC2. The van der Waals surface area contributed by atoms with Crippen LogP contribution in [0, 0.1) is 0 Å². The topological polar surface area (TPSA) is 44.1 Å². The molecule has 0 fully saturated rings. The van der Waals surface area contributed by atoms with E-state index in [0.717, 1.165) is 18.5 Å². The summed E-state index contributed by atoms with van der Waals surface area (Å²) in [5, 5.41) is 4.23. The Hall–Kier alpha value is -1.32. The van der Waals surface area contributed by atoms with Crippen molar-refractivity contribution in [2.24, 2.45) is 0 Å². The van der Waals surface area contributed by atoms with Crippen molar-refractivity contribution in [2.45, 2.75) is 32.7 Å². The van der Waals surface area contributed by atoms with Crippen LogP contribution >= 0.6 is 0 Å². The van der Waals surface area contributed by atoms with Crippen LogP contribution in [-0.2, 0) is 11.2 Å². The van der Waals surface area contributed by atoms with Crippen molar-refractivity contribution in [3.63, 3.8) is 0 Å². The van der Waals surface area contributed by atoms with Gasteiger partial charge < -0.3 is 4.74 Å². The summed E-state index contributed by atoms with van der Waals surface area (Å²) in [6, 6.07) is 2.25. The molecule has 2 rings (SSSR count). The molecule has 76 valence electrons. The molecule has 2 heterocycles. The van der Waals surface area contributed by atoms with Gasteiger partial charge in [0.2, 0.25) is 0 Å². The van der Waals surface area contributed by atoms with Gasteiger partial charge in [-0.15, -0.1) is 0 Å². The summed E-state index contributed by atoms with van der Waals surface area (Å²) in [7, 11) is 0. The molecule has 0 aliphatic carbocycles. The molecule has 1 unspecified atom stereocenters. The number of ether oxygens (including phenoxy) is 1. The lowest BCUT2D eigenvalue weighted by atomic mass is 10.2. The molecule has 0 spiro atoms. The van der Waals surface area contributed by atoms with Crippen LogP contribution < -0.4 is 0 Å². The summed E-state index contributed by atoms with van der Waals surface area (Å²) in [6.45, 7) is 4.30. The van der Waals surface area contributed by atoms with Crippen LogP contribution in [0.4, 0.5) is 0 Å². The number of rotatable bonds is 2. The number of aryl methyl sites for hydroxylation is 1. The molecule has 14 heavy (non-hydrogen) atoms. The lowest BCUT2D eigenvalue weighted by molar-refractivity contribution is 0.0518. The summed E-state index contributed by atoms with van der Waals surface area (Å²) in [5.74, 6) is -0.318. The van der Waals surface area contributed by atoms with Crippen molar-refractivity contribution in [1.82, 2.24) is 9.78 Å². The van der Waals surface area contributed by atoms with E-state index in [4.69, 9.17) is 4.74 Å². The predicted octanol–water partition coefficient (Wildman–Crippen LogP) is 1.57. The largest absolute Gasteiger partial charge is 0.461 e. The Kier molecular flexibility index (Phi) is 2.27. The standard InChI is InChI=1S/C10H14N2O2/c1-3-14-10(13)9-6-8-5-4-7(2)12(8)11-9/h6-7H,3-5H2,1-2H3. The predicted molar refractivity (Wildman–Crippen MR) is 51.2 cm³/mol. The van der Waals surface area contributed by atoms with Crippen molar-refractivity contribution in [3.05, 3.63) is 17.5 Å². The van der Waals surface area contributed by atoms with Gasteiger partial charge in [0.1, 0.15) is 0 Å². The minimum atomic E-state index is -0.318. The van der Waals surface area contributed by atoms with E-state index in [0.29, 0.717) is 18.3 Å². The quantitative estimate of drug-likeness (QED) is 0.671. The maximum Gasteiger partial charge on any atom is 0.358 e. The molecule has 0 radical (unpaired) electrons. The van der Waals surface area contributed by atoms with Gasteiger partial charge in [0, 0.05) is 11.7 Å². The highest BCUT2D eigenvalue weighted by Crippen LogP contribution is 2.25. The number of hydrogen-bond donors (Lipinski definition) is 0. The molecule has 0 amide bonds. The highest BCUT2D eigenvalue weighted by molar-refractivity contribution is 5.87. The Bertz CT molecular complexity index is 357. The molecule has 0 bridgehead atoms. The minimum absolute atomic E-state index is 0.318. The maximum atomic E-state index is 11.4. The fourth-order valence-electron chi connectivity index (χ4n) is 1.79. The van der Waals surface area contributed by atoms with Crippen molar-refractivity contribution >= 4 is 5.97 Å². The Morgan fingerprint density at radius 2 is 2.57 bits per heavy atom. The fraction of sp³-hybridized carbons (Fsp3) is 0.600. The first-order chi connectivity index (χ1) is 6.72. The van der Waals surface area contributed by atoms with E-state index >= 15 is 0 Å². The van der Waals surface area contributed by atoms with E-state index in [-0.39, 0.29) is 5.97 Å². The van der Waals surface area contributed by atoms with Gasteiger partial charge in [0.15, 0.2) is 5.69 Å². The van der Waals surface area contributed by atoms with Gasteiger partial charge in [-0.2, -0.15) is 5.10 Å². The van der Waals surface area contributed by atoms with Crippen molar-refractivity contribution < 1.29 is 9.53 Å². The molecular weight excluding hydrogens is 180 g/mol. The number of nitrogens with zero attached hydrogens (tertiary/aromatic N) is 2. The van der Waals surface area contributed by atoms with Crippen molar-refractivity contribution in [1.29, 1.82) is 0 Å². The third-order valence-electron chi connectivity index (χ3n) is 2.53. The fourth-order valence-corrected chi connectivity index (χ4v) is 1.79. The van der Waals surface area contributed by atoms with Gasteiger partial charge in [-0.3, -0.25) is 4.68 Å². The van der Waals surface area contributed by atoms with E-state index in [2.05, 4.69) is 12.0 Å². The molecule has 1 aliphatic heterocycles. The molecule has 0 aromatic carbocycles. The second-order valence-electron chi connectivity index (χ2n) is 3.57. The van der Waals surface area contributed by atoms with Gasteiger partial charge >= 0.3 is 5.97 Å². The molecule has 0 saturated carbocycles. The zero-order valence-electron chi connectivity index (χ0n) is 8.49. The highest BCUT2D eigenvalue weighted by atomic mass is 16.5. The number of hydrogen-bond acceptors (Lipinski definition) is 3. The first-order valence-corrected chi connectivity index (χ1v) is 4.98. The summed E-state index contributed by atoms with van der Waals surface area (Å²) in [6.07, 6.45) is 2.12. The third-order valence-corrected chi connectivity index (χ3v) is 2.53. The molecule has 1 aliphatic rings. The van der Waals surface area contributed by atoms with Gasteiger partial charge in [-0.05, 0) is 32.8 Å². The van der Waals surface area contributed by atoms with Crippen LogP contribution in [0.15, 0.2) is 6.07 Å². The van der Waals surface area contributed by atoms with Crippen molar-refractivity contribution in [2.75, 3.05) is 6.61 Å². The lowest BCUT2D eigenvalue weighted by Gasteiger charge is -2.03. The zero-order chi connectivity index (χ0) is 10.1. The van der Waals surface area contributed by atoms with Crippen molar-refractivity contribution in [3.8, 4) is 0 Å². The molecule has 4 heteroatoms. The van der Waals surface area contributed by atoms with Crippen LogP contribution in [0.3, 0.4) is 0 Å². The monoisotopic (exact) mass is 194 g/mol. The smallest absolute Gasteiger partial charge is 0.358 e. The number of aromatic nitrogens is 2. The zero-order valence-corrected chi connectivity index (χ0v) is 8.49. The number of fused-ring (bicyclic) bond motifs is 1. The van der Waals surface area contributed by atoms with E-state index in [9.17, 15) is 4.79 Å². The van der Waals surface area contributed by atoms with E-state index in [1.165, 1.54) is 0 Å².